The Hall–Kier alpha value is -2.58. The molecule has 0 aromatic heterocycles. The number of anilines is 2. The monoisotopic (exact) mass is 389 g/mol. The summed E-state index contributed by atoms with van der Waals surface area (Å²) in [6, 6.07) is 13.0. The minimum atomic E-state index is -3.66. The van der Waals surface area contributed by atoms with Crippen LogP contribution < -0.4 is 19.7 Å². The van der Waals surface area contributed by atoms with Crippen LogP contribution in [0.25, 0.3) is 0 Å². The second kappa shape index (κ2) is 7.98. The van der Waals surface area contributed by atoms with Gasteiger partial charge in [-0.15, -0.1) is 0 Å². The van der Waals surface area contributed by atoms with Gasteiger partial charge in [0.25, 0.3) is 5.91 Å². The predicted octanol–water partition coefficient (Wildman–Crippen LogP) is 2.13. The Kier molecular flexibility index (Phi) is 5.67. The zero-order chi connectivity index (χ0) is 19.4. The maximum atomic E-state index is 12.7. The summed E-state index contributed by atoms with van der Waals surface area (Å²) < 4.78 is 33.3. The molecule has 1 amide bonds. The summed E-state index contributed by atoms with van der Waals surface area (Å²) >= 11 is 0. The topological polar surface area (TPSA) is 87.7 Å². The maximum absolute atomic E-state index is 12.7. The number of fused-ring (bicyclic) bond motifs is 1. The molecule has 2 aromatic carbocycles. The van der Waals surface area contributed by atoms with Gasteiger partial charge in [-0.05, 0) is 37.1 Å². The number of aryl methyl sites for hydroxylation is 1. The molecule has 0 fully saturated rings. The molecule has 27 heavy (non-hydrogen) atoms. The molecule has 0 atom stereocenters. The highest BCUT2D eigenvalue weighted by molar-refractivity contribution is 7.89. The molecule has 0 aliphatic carbocycles. The zero-order valence-electron chi connectivity index (χ0n) is 15.4. The minimum absolute atomic E-state index is 0.116. The summed E-state index contributed by atoms with van der Waals surface area (Å²) in [4.78, 5) is 13.6. The number of ether oxygens (including phenoxy) is 1. The fraction of sp³-hybridized carbons (Fsp3) is 0.316. The Morgan fingerprint density at radius 2 is 1.96 bits per heavy atom. The van der Waals surface area contributed by atoms with Crippen LogP contribution in [0, 0.1) is 6.92 Å². The Balaban J connectivity index is 1.61. The van der Waals surface area contributed by atoms with Crippen LogP contribution in [-0.2, 0) is 14.8 Å². The van der Waals surface area contributed by atoms with Crippen molar-refractivity contribution in [3.63, 3.8) is 0 Å². The lowest BCUT2D eigenvalue weighted by molar-refractivity contribution is -0.118. The van der Waals surface area contributed by atoms with Gasteiger partial charge in [0, 0.05) is 31.9 Å². The fourth-order valence-electron chi connectivity index (χ4n) is 2.92. The molecule has 144 valence electrons. The fourth-order valence-corrected chi connectivity index (χ4v) is 4.23. The van der Waals surface area contributed by atoms with Crippen LogP contribution >= 0.6 is 0 Å². The molecular formula is C19H23N3O4S. The molecule has 1 aliphatic rings. The predicted molar refractivity (Wildman–Crippen MR) is 105 cm³/mol. The number of sulfonamides is 1. The van der Waals surface area contributed by atoms with Crippen LogP contribution in [0.2, 0.25) is 0 Å². The van der Waals surface area contributed by atoms with Gasteiger partial charge in [-0.1, -0.05) is 18.2 Å². The van der Waals surface area contributed by atoms with E-state index in [4.69, 9.17) is 4.74 Å². The second-order valence-corrected chi connectivity index (χ2v) is 8.19. The number of para-hydroxylation sites is 1. The molecule has 1 aliphatic heterocycles. The van der Waals surface area contributed by atoms with E-state index in [1.54, 1.807) is 13.0 Å². The molecule has 8 heteroatoms. The maximum Gasteiger partial charge on any atom is 0.262 e. The Labute approximate surface area is 159 Å². The Morgan fingerprint density at radius 1 is 1.22 bits per heavy atom. The molecule has 0 saturated carbocycles. The molecule has 2 N–H and O–H groups in total. The Bertz CT molecular complexity index is 929. The third-order valence-electron chi connectivity index (χ3n) is 4.36. The number of rotatable bonds is 7. The van der Waals surface area contributed by atoms with Gasteiger partial charge in [0.2, 0.25) is 10.0 Å². The smallest absolute Gasteiger partial charge is 0.262 e. The molecule has 3 rings (SSSR count). The van der Waals surface area contributed by atoms with Crippen molar-refractivity contribution < 1.29 is 17.9 Å². The van der Waals surface area contributed by atoms with Crippen molar-refractivity contribution in [1.29, 1.82) is 0 Å². The first-order chi connectivity index (χ1) is 12.9. The van der Waals surface area contributed by atoms with Crippen molar-refractivity contribution in [3.8, 4) is 5.75 Å². The van der Waals surface area contributed by atoms with E-state index < -0.39 is 10.0 Å². The van der Waals surface area contributed by atoms with Gasteiger partial charge in [-0.3, -0.25) is 4.79 Å². The van der Waals surface area contributed by atoms with Gasteiger partial charge >= 0.3 is 0 Å². The number of amides is 1. The van der Waals surface area contributed by atoms with E-state index in [2.05, 4.69) is 14.9 Å². The van der Waals surface area contributed by atoms with E-state index in [0.29, 0.717) is 30.0 Å². The van der Waals surface area contributed by atoms with Crippen molar-refractivity contribution in [2.45, 2.75) is 18.2 Å². The number of carbonyl (C=O) groups excluding carboxylic acids is 1. The molecule has 7 nitrogen and oxygen atoms in total. The number of benzene rings is 2. The summed E-state index contributed by atoms with van der Waals surface area (Å²) in [6.07, 6.45) is 0.668. The van der Waals surface area contributed by atoms with Gasteiger partial charge in [0.05, 0.1) is 10.6 Å². The van der Waals surface area contributed by atoms with E-state index in [9.17, 15) is 13.2 Å². The summed E-state index contributed by atoms with van der Waals surface area (Å²) in [6.45, 7) is 2.63. The SMILES string of the molecule is Cc1cc2c(cc1S(=O)(=O)NCCCN(C)c1ccccc1)OCC(=O)N2. The van der Waals surface area contributed by atoms with Crippen LogP contribution in [0.4, 0.5) is 11.4 Å². The average molecular weight is 389 g/mol. The molecule has 0 radical (unpaired) electrons. The molecule has 0 bridgehead atoms. The quantitative estimate of drug-likeness (QED) is 0.709. The standard InChI is InChI=1S/C19H23N3O4S/c1-14-11-16-17(26-13-19(23)21-16)12-18(14)27(24,25)20-9-6-10-22(2)15-7-4-3-5-8-15/h3-5,7-8,11-12,20H,6,9-10,13H2,1-2H3,(H,21,23). The second-order valence-electron chi connectivity index (χ2n) is 6.46. The van der Waals surface area contributed by atoms with Gasteiger partial charge in [0.15, 0.2) is 6.61 Å². The van der Waals surface area contributed by atoms with Crippen molar-refractivity contribution >= 4 is 27.3 Å². The van der Waals surface area contributed by atoms with Crippen molar-refractivity contribution in [3.05, 3.63) is 48.0 Å². The highest BCUT2D eigenvalue weighted by Crippen LogP contribution is 2.32. The van der Waals surface area contributed by atoms with E-state index >= 15 is 0 Å². The number of hydrogen-bond acceptors (Lipinski definition) is 5. The van der Waals surface area contributed by atoms with Crippen LogP contribution in [0.1, 0.15) is 12.0 Å². The third kappa shape index (κ3) is 4.58. The minimum Gasteiger partial charge on any atom is -0.482 e. The van der Waals surface area contributed by atoms with Gasteiger partial charge < -0.3 is 15.0 Å². The third-order valence-corrected chi connectivity index (χ3v) is 5.96. The molecule has 0 spiro atoms. The lowest BCUT2D eigenvalue weighted by Gasteiger charge is -2.21. The lowest BCUT2D eigenvalue weighted by atomic mass is 10.2. The molecular weight excluding hydrogens is 366 g/mol. The number of hydrogen-bond donors (Lipinski definition) is 2. The van der Waals surface area contributed by atoms with Crippen molar-refractivity contribution in [2.24, 2.45) is 0 Å². The first-order valence-corrected chi connectivity index (χ1v) is 10.2. The average Bonchev–Trinajstić information content (AvgIpc) is 2.65. The van der Waals surface area contributed by atoms with Gasteiger partial charge in [-0.2, -0.15) is 0 Å². The van der Waals surface area contributed by atoms with Gasteiger partial charge in [0.1, 0.15) is 5.75 Å². The van der Waals surface area contributed by atoms with Crippen LogP contribution in [-0.4, -0.2) is 41.1 Å². The highest BCUT2D eigenvalue weighted by atomic mass is 32.2. The largest absolute Gasteiger partial charge is 0.482 e. The molecule has 0 saturated heterocycles. The lowest BCUT2D eigenvalue weighted by Crippen LogP contribution is -2.29. The van der Waals surface area contributed by atoms with Crippen LogP contribution in [0.15, 0.2) is 47.4 Å². The van der Waals surface area contributed by atoms with E-state index in [0.717, 1.165) is 12.2 Å². The summed E-state index contributed by atoms with van der Waals surface area (Å²) in [5.41, 5.74) is 2.13. The van der Waals surface area contributed by atoms with Crippen LogP contribution in [0.5, 0.6) is 5.75 Å². The number of nitrogens with one attached hydrogen (secondary N) is 2. The van der Waals surface area contributed by atoms with E-state index in [1.807, 2.05) is 37.4 Å². The molecule has 1 heterocycles. The van der Waals surface area contributed by atoms with Crippen molar-refractivity contribution in [2.75, 3.05) is 37.0 Å². The zero-order valence-corrected chi connectivity index (χ0v) is 16.2. The first kappa shape index (κ1) is 19.2. The molecule has 0 unspecified atom stereocenters. The van der Waals surface area contributed by atoms with Gasteiger partial charge in [-0.25, -0.2) is 13.1 Å². The van der Waals surface area contributed by atoms with Crippen molar-refractivity contribution in [1.82, 2.24) is 4.72 Å². The summed E-state index contributed by atoms with van der Waals surface area (Å²) in [5, 5.41) is 2.68. The van der Waals surface area contributed by atoms with E-state index in [-0.39, 0.29) is 17.4 Å². The first-order valence-electron chi connectivity index (χ1n) is 8.70. The van der Waals surface area contributed by atoms with E-state index in [1.165, 1.54) is 6.07 Å². The number of carbonyl (C=O) groups is 1. The number of nitrogens with zero attached hydrogens (tertiary/aromatic N) is 1. The highest BCUT2D eigenvalue weighted by Gasteiger charge is 2.23. The van der Waals surface area contributed by atoms with Crippen LogP contribution in [0.3, 0.4) is 0 Å². The Morgan fingerprint density at radius 3 is 2.70 bits per heavy atom. The summed E-state index contributed by atoms with van der Waals surface area (Å²) in [7, 11) is -1.69. The summed E-state index contributed by atoms with van der Waals surface area (Å²) in [5.74, 6) is 0.113. The molecule has 2 aromatic rings. The normalized spacial score (nSPS) is 13.5.